The summed E-state index contributed by atoms with van der Waals surface area (Å²) in [5, 5.41) is 0. The van der Waals surface area contributed by atoms with E-state index in [-0.39, 0.29) is 11.9 Å². The van der Waals surface area contributed by atoms with Crippen molar-refractivity contribution in [2.45, 2.75) is 25.9 Å². The Morgan fingerprint density at radius 3 is 2.56 bits per heavy atom. The smallest absolute Gasteiger partial charge is 0.132 e. The van der Waals surface area contributed by atoms with Gasteiger partial charge in [-0.15, -0.1) is 0 Å². The normalized spacial score (nSPS) is 12.1. The van der Waals surface area contributed by atoms with Crippen LogP contribution < -0.4 is 4.74 Å². The van der Waals surface area contributed by atoms with Crippen LogP contribution >= 0.6 is 0 Å². The highest BCUT2D eigenvalue weighted by Gasteiger charge is 2.10. The molecule has 0 radical (unpaired) electrons. The lowest BCUT2D eigenvalue weighted by molar-refractivity contribution is -0.119. The molecule has 1 rings (SSSR count). The second kappa shape index (κ2) is 7.01. The maximum Gasteiger partial charge on any atom is 0.132 e. The van der Waals surface area contributed by atoms with Gasteiger partial charge >= 0.3 is 0 Å². The predicted octanol–water partition coefficient (Wildman–Crippen LogP) is 2.45. The number of methoxy groups -OCH3 is 1. The molecule has 0 amide bonds. The SMILES string of the molecule is COC(CCOc1ccccc1)CC(C)=O. The van der Waals surface area contributed by atoms with Crippen LogP contribution in [0.15, 0.2) is 30.3 Å². The minimum atomic E-state index is -0.0405. The molecule has 0 aromatic heterocycles. The van der Waals surface area contributed by atoms with Crippen LogP contribution in [-0.2, 0) is 9.53 Å². The number of hydrogen-bond donors (Lipinski definition) is 0. The van der Waals surface area contributed by atoms with Crippen LogP contribution in [0.2, 0.25) is 0 Å². The van der Waals surface area contributed by atoms with Gasteiger partial charge in [0.25, 0.3) is 0 Å². The Morgan fingerprint density at radius 1 is 1.31 bits per heavy atom. The summed E-state index contributed by atoms with van der Waals surface area (Å²) in [7, 11) is 1.62. The molecule has 0 aliphatic heterocycles. The molecule has 0 aliphatic carbocycles. The topological polar surface area (TPSA) is 35.5 Å². The monoisotopic (exact) mass is 222 g/mol. The number of ketones is 1. The van der Waals surface area contributed by atoms with Gasteiger partial charge in [0, 0.05) is 20.0 Å². The highest BCUT2D eigenvalue weighted by molar-refractivity contribution is 5.75. The van der Waals surface area contributed by atoms with Crippen molar-refractivity contribution in [3.8, 4) is 5.75 Å². The number of benzene rings is 1. The van der Waals surface area contributed by atoms with Gasteiger partial charge in [-0.1, -0.05) is 18.2 Å². The molecule has 1 aromatic rings. The molecule has 1 unspecified atom stereocenters. The summed E-state index contributed by atoms with van der Waals surface area (Å²) < 4.78 is 10.7. The Labute approximate surface area is 96.4 Å². The molecule has 16 heavy (non-hydrogen) atoms. The molecule has 88 valence electrons. The molecular formula is C13H18O3. The summed E-state index contributed by atoms with van der Waals surface area (Å²) in [5.74, 6) is 0.992. The first-order valence-corrected chi connectivity index (χ1v) is 5.42. The quantitative estimate of drug-likeness (QED) is 0.711. The molecule has 3 heteroatoms. The van der Waals surface area contributed by atoms with Gasteiger partial charge in [0.2, 0.25) is 0 Å². The summed E-state index contributed by atoms with van der Waals surface area (Å²) in [6.45, 7) is 2.14. The number of rotatable bonds is 7. The van der Waals surface area contributed by atoms with E-state index in [1.807, 2.05) is 30.3 Å². The molecule has 0 saturated heterocycles. The lowest BCUT2D eigenvalue weighted by atomic mass is 10.1. The zero-order valence-electron chi connectivity index (χ0n) is 9.81. The summed E-state index contributed by atoms with van der Waals surface area (Å²) in [6.07, 6.45) is 1.14. The lowest BCUT2D eigenvalue weighted by Gasteiger charge is -2.14. The fraction of sp³-hybridized carbons (Fsp3) is 0.462. The standard InChI is InChI=1S/C13H18O3/c1-11(14)10-13(15-2)8-9-16-12-6-4-3-5-7-12/h3-7,13H,8-10H2,1-2H3. The van der Waals surface area contributed by atoms with Gasteiger partial charge < -0.3 is 9.47 Å². The second-order valence-electron chi connectivity index (χ2n) is 3.71. The predicted molar refractivity (Wildman–Crippen MR) is 62.6 cm³/mol. The molecule has 0 aliphatic rings. The number of para-hydroxylation sites is 1. The van der Waals surface area contributed by atoms with E-state index in [1.54, 1.807) is 14.0 Å². The van der Waals surface area contributed by atoms with E-state index in [4.69, 9.17) is 9.47 Å². The van der Waals surface area contributed by atoms with Gasteiger partial charge in [0.1, 0.15) is 11.5 Å². The van der Waals surface area contributed by atoms with E-state index >= 15 is 0 Å². The molecule has 0 saturated carbocycles. The first kappa shape index (κ1) is 12.7. The summed E-state index contributed by atoms with van der Waals surface area (Å²) >= 11 is 0. The Kier molecular flexibility index (Phi) is 5.57. The summed E-state index contributed by atoms with van der Waals surface area (Å²) in [4.78, 5) is 10.9. The Bertz CT molecular complexity index is 308. The first-order valence-electron chi connectivity index (χ1n) is 5.42. The average molecular weight is 222 g/mol. The molecule has 1 aromatic carbocycles. The van der Waals surface area contributed by atoms with E-state index in [0.29, 0.717) is 13.0 Å². The van der Waals surface area contributed by atoms with Gasteiger partial charge in [-0.2, -0.15) is 0 Å². The van der Waals surface area contributed by atoms with Crippen molar-refractivity contribution in [1.82, 2.24) is 0 Å². The number of hydrogen-bond acceptors (Lipinski definition) is 3. The van der Waals surface area contributed by atoms with Crippen LogP contribution in [0.25, 0.3) is 0 Å². The van der Waals surface area contributed by atoms with E-state index in [0.717, 1.165) is 12.2 Å². The minimum absolute atomic E-state index is 0.0405. The summed E-state index contributed by atoms with van der Waals surface area (Å²) in [6, 6.07) is 9.62. The van der Waals surface area contributed by atoms with E-state index in [9.17, 15) is 4.79 Å². The van der Waals surface area contributed by atoms with Gasteiger partial charge in [-0.05, 0) is 19.1 Å². The molecule has 0 N–H and O–H groups in total. The third-order valence-corrected chi connectivity index (χ3v) is 2.30. The second-order valence-corrected chi connectivity index (χ2v) is 3.71. The zero-order chi connectivity index (χ0) is 11.8. The first-order chi connectivity index (χ1) is 7.72. The van der Waals surface area contributed by atoms with Crippen molar-refractivity contribution in [2.75, 3.05) is 13.7 Å². The maximum atomic E-state index is 10.9. The van der Waals surface area contributed by atoms with Crippen molar-refractivity contribution in [2.24, 2.45) is 0 Å². The van der Waals surface area contributed by atoms with Crippen LogP contribution in [0.3, 0.4) is 0 Å². The van der Waals surface area contributed by atoms with E-state index < -0.39 is 0 Å². The highest BCUT2D eigenvalue weighted by Crippen LogP contribution is 2.10. The van der Waals surface area contributed by atoms with Crippen LogP contribution in [-0.4, -0.2) is 25.6 Å². The Hall–Kier alpha value is -1.35. The van der Waals surface area contributed by atoms with Crippen molar-refractivity contribution >= 4 is 5.78 Å². The molecule has 0 fully saturated rings. The largest absolute Gasteiger partial charge is 0.493 e. The van der Waals surface area contributed by atoms with Crippen LogP contribution in [0, 0.1) is 0 Å². The van der Waals surface area contributed by atoms with Crippen molar-refractivity contribution in [3.05, 3.63) is 30.3 Å². The average Bonchev–Trinajstić information content (AvgIpc) is 2.28. The van der Waals surface area contributed by atoms with Crippen molar-refractivity contribution in [1.29, 1.82) is 0 Å². The van der Waals surface area contributed by atoms with Gasteiger partial charge in [-0.25, -0.2) is 0 Å². The molecule has 0 bridgehead atoms. The van der Waals surface area contributed by atoms with E-state index in [2.05, 4.69) is 0 Å². The number of Topliss-reactive ketones (excluding diaryl/α,β-unsaturated/α-hetero) is 1. The Morgan fingerprint density at radius 2 is 2.00 bits per heavy atom. The molecular weight excluding hydrogens is 204 g/mol. The lowest BCUT2D eigenvalue weighted by Crippen LogP contribution is -2.17. The third-order valence-electron chi connectivity index (χ3n) is 2.30. The van der Waals surface area contributed by atoms with Crippen LogP contribution in [0.4, 0.5) is 0 Å². The fourth-order valence-corrected chi connectivity index (χ4v) is 1.45. The van der Waals surface area contributed by atoms with Crippen LogP contribution in [0.1, 0.15) is 19.8 Å². The number of ether oxygens (including phenoxy) is 2. The van der Waals surface area contributed by atoms with Crippen LogP contribution in [0.5, 0.6) is 5.75 Å². The van der Waals surface area contributed by atoms with Gasteiger partial charge in [0.15, 0.2) is 0 Å². The third kappa shape index (κ3) is 4.94. The molecule has 3 nitrogen and oxygen atoms in total. The van der Waals surface area contributed by atoms with E-state index in [1.165, 1.54) is 0 Å². The van der Waals surface area contributed by atoms with Gasteiger partial charge in [0.05, 0.1) is 12.7 Å². The maximum absolute atomic E-state index is 10.9. The van der Waals surface area contributed by atoms with Crippen molar-refractivity contribution < 1.29 is 14.3 Å². The van der Waals surface area contributed by atoms with Gasteiger partial charge in [-0.3, -0.25) is 4.79 Å². The van der Waals surface area contributed by atoms with Crippen molar-refractivity contribution in [3.63, 3.8) is 0 Å². The molecule has 1 atom stereocenters. The Balaban J connectivity index is 2.26. The number of carbonyl (C=O) groups excluding carboxylic acids is 1. The minimum Gasteiger partial charge on any atom is -0.493 e. The zero-order valence-corrected chi connectivity index (χ0v) is 9.81. The highest BCUT2D eigenvalue weighted by atomic mass is 16.5. The fourth-order valence-electron chi connectivity index (χ4n) is 1.45. The summed E-state index contributed by atoms with van der Waals surface area (Å²) in [5.41, 5.74) is 0. The number of carbonyl (C=O) groups is 1. The molecule has 0 spiro atoms. The molecule has 0 heterocycles.